The molecule has 7 heteroatoms. The molecule has 0 aliphatic carbocycles. The van der Waals surface area contributed by atoms with Crippen LogP contribution in [-0.2, 0) is 11.8 Å². The van der Waals surface area contributed by atoms with Crippen molar-refractivity contribution in [3.8, 4) is 0 Å². The second kappa shape index (κ2) is 8.54. The molecule has 0 saturated heterocycles. The summed E-state index contributed by atoms with van der Waals surface area (Å²) in [5.74, 6) is 0.271. The number of hydrogen-bond donors (Lipinski definition) is 0. The smallest absolute Gasteiger partial charge is 0.338 e. The lowest BCUT2D eigenvalue weighted by atomic mass is 10.2. The second-order valence-corrected chi connectivity index (χ2v) is 8.01. The van der Waals surface area contributed by atoms with Gasteiger partial charge in [-0.2, -0.15) is 4.99 Å². The summed E-state index contributed by atoms with van der Waals surface area (Å²) in [6.45, 7) is 4.16. The molecule has 5 nitrogen and oxygen atoms in total. The van der Waals surface area contributed by atoms with Crippen LogP contribution in [0.4, 0.5) is 0 Å². The highest BCUT2D eigenvalue weighted by Gasteiger charge is 2.13. The molecule has 0 aliphatic rings. The first-order valence-electron chi connectivity index (χ1n) is 8.62. The molecule has 0 fully saturated rings. The van der Waals surface area contributed by atoms with Crippen molar-refractivity contribution in [2.75, 3.05) is 12.4 Å². The first-order valence-corrected chi connectivity index (χ1v) is 10.4. The predicted octanol–water partition coefficient (Wildman–Crippen LogP) is 4.27. The van der Waals surface area contributed by atoms with Crippen LogP contribution < -0.4 is 4.80 Å². The maximum Gasteiger partial charge on any atom is 0.338 e. The van der Waals surface area contributed by atoms with Crippen LogP contribution in [0.15, 0.2) is 52.4 Å². The van der Waals surface area contributed by atoms with Crippen molar-refractivity contribution in [2.45, 2.75) is 18.7 Å². The number of carbonyl (C=O) groups is 2. The standard InChI is InChI=1S/C20H20N2O3S2/c1-4-25-19(24)13-10-11-15-17(12-13)27-20(22(15)3)21-18(23)14-8-6-7-9-16(14)26-5-2/h6-12H,4-5H2,1-3H3. The van der Waals surface area contributed by atoms with E-state index in [1.54, 1.807) is 36.9 Å². The average Bonchev–Trinajstić information content (AvgIpc) is 2.97. The van der Waals surface area contributed by atoms with Crippen molar-refractivity contribution in [3.05, 3.63) is 58.4 Å². The van der Waals surface area contributed by atoms with Gasteiger partial charge in [-0.1, -0.05) is 30.4 Å². The van der Waals surface area contributed by atoms with Gasteiger partial charge in [0.15, 0.2) is 4.80 Å². The van der Waals surface area contributed by atoms with Crippen LogP contribution in [0.1, 0.15) is 34.6 Å². The summed E-state index contributed by atoms with van der Waals surface area (Å²) in [5.41, 5.74) is 2.01. The number of aromatic nitrogens is 1. The monoisotopic (exact) mass is 400 g/mol. The Morgan fingerprint density at radius 2 is 1.96 bits per heavy atom. The molecule has 3 rings (SSSR count). The van der Waals surface area contributed by atoms with E-state index in [9.17, 15) is 9.59 Å². The van der Waals surface area contributed by atoms with Gasteiger partial charge in [0.05, 0.1) is 28.0 Å². The highest BCUT2D eigenvalue weighted by molar-refractivity contribution is 7.99. The number of hydrogen-bond acceptors (Lipinski definition) is 5. The van der Waals surface area contributed by atoms with Gasteiger partial charge in [0, 0.05) is 11.9 Å². The highest BCUT2D eigenvalue weighted by atomic mass is 32.2. The molecular weight excluding hydrogens is 380 g/mol. The van der Waals surface area contributed by atoms with E-state index in [1.165, 1.54) is 11.3 Å². The van der Waals surface area contributed by atoms with Crippen molar-refractivity contribution in [2.24, 2.45) is 12.0 Å². The fourth-order valence-electron chi connectivity index (χ4n) is 2.65. The maximum absolute atomic E-state index is 12.7. The molecule has 0 radical (unpaired) electrons. The summed E-state index contributed by atoms with van der Waals surface area (Å²) in [6, 6.07) is 12.9. The average molecular weight is 401 g/mol. The van der Waals surface area contributed by atoms with E-state index < -0.39 is 0 Å². The van der Waals surface area contributed by atoms with Gasteiger partial charge in [-0.05, 0) is 43.0 Å². The van der Waals surface area contributed by atoms with Crippen LogP contribution in [0.5, 0.6) is 0 Å². The molecule has 0 saturated carbocycles. The third-order valence-corrected chi connectivity index (χ3v) is 5.99. The van der Waals surface area contributed by atoms with Crippen molar-refractivity contribution >= 4 is 45.2 Å². The largest absolute Gasteiger partial charge is 0.462 e. The van der Waals surface area contributed by atoms with Crippen molar-refractivity contribution < 1.29 is 14.3 Å². The van der Waals surface area contributed by atoms with E-state index in [4.69, 9.17) is 4.74 Å². The SMILES string of the molecule is CCOC(=O)c1ccc2c(c1)sc(=NC(=O)c1ccccc1SCC)n2C. The zero-order valence-corrected chi connectivity index (χ0v) is 17.0. The predicted molar refractivity (Wildman–Crippen MR) is 109 cm³/mol. The molecule has 0 aliphatic heterocycles. The summed E-state index contributed by atoms with van der Waals surface area (Å²) >= 11 is 3.00. The Bertz CT molecular complexity index is 1070. The van der Waals surface area contributed by atoms with Crippen LogP contribution in [0.3, 0.4) is 0 Å². The third kappa shape index (κ3) is 4.14. The minimum atomic E-state index is -0.351. The Balaban J connectivity index is 2.02. The number of amides is 1. The molecule has 0 bridgehead atoms. The van der Waals surface area contributed by atoms with Crippen LogP contribution in [0.2, 0.25) is 0 Å². The summed E-state index contributed by atoms with van der Waals surface area (Å²) in [7, 11) is 1.86. The molecule has 0 N–H and O–H groups in total. The molecule has 1 aromatic heterocycles. The van der Waals surface area contributed by atoms with Gasteiger partial charge in [-0.3, -0.25) is 4.79 Å². The quantitative estimate of drug-likeness (QED) is 0.474. The summed E-state index contributed by atoms with van der Waals surface area (Å²) in [4.78, 5) is 30.5. The Hall–Kier alpha value is -2.38. The zero-order valence-electron chi connectivity index (χ0n) is 15.4. The lowest BCUT2D eigenvalue weighted by Crippen LogP contribution is -2.13. The van der Waals surface area contributed by atoms with Crippen LogP contribution in [0.25, 0.3) is 10.2 Å². The van der Waals surface area contributed by atoms with E-state index >= 15 is 0 Å². The molecule has 0 atom stereocenters. The van der Waals surface area contributed by atoms with E-state index in [-0.39, 0.29) is 11.9 Å². The number of thioether (sulfide) groups is 1. The molecule has 1 heterocycles. The van der Waals surface area contributed by atoms with E-state index in [2.05, 4.69) is 11.9 Å². The first-order chi connectivity index (χ1) is 13.0. The molecule has 140 valence electrons. The number of aryl methyl sites for hydroxylation is 1. The molecular formula is C20H20N2O3S2. The second-order valence-electron chi connectivity index (χ2n) is 5.69. The number of benzene rings is 2. The fraction of sp³-hybridized carbons (Fsp3) is 0.250. The van der Waals surface area contributed by atoms with Gasteiger partial charge in [0.2, 0.25) is 0 Å². The molecule has 2 aromatic carbocycles. The zero-order chi connectivity index (χ0) is 19.4. The van der Waals surface area contributed by atoms with E-state index in [0.717, 1.165) is 20.9 Å². The lowest BCUT2D eigenvalue weighted by Gasteiger charge is -2.03. The molecule has 0 spiro atoms. The van der Waals surface area contributed by atoms with Crippen LogP contribution >= 0.6 is 23.1 Å². The minimum absolute atomic E-state index is 0.265. The fourth-order valence-corrected chi connectivity index (χ4v) is 4.51. The Labute approximate surface area is 165 Å². The van der Waals surface area contributed by atoms with Crippen molar-refractivity contribution in [1.82, 2.24) is 4.57 Å². The summed E-state index contributed by atoms with van der Waals surface area (Å²) < 4.78 is 7.80. The molecule has 27 heavy (non-hydrogen) atoms. The molecule has 0 unspecified atom stereocenters. The Morgan fingerprint density at radius 1 is 1.19 bits per heavy atom. The third-order valence-electron chi connectivity index (χ3n) is 3.93. The maximum atomic E-state index is 12.7. The van der Waals surface area contributed by atoms with E-state index in [1.807, 2.05) is 35.9 Å². The Kier molecular flexibility index (Phi) is 6.13. The number of nitrogens with zero attached hydrogens (tertiary/aromatic N) is 2. The Morgan fingerprint density at radius 3 is 2.70 bits per heavy atom. The van der Waals surface area contributed by atoms with Gasteiger partial charge in [0.25, 0.3) is 5.91 Å². The number of carbonyl (C=O) groups excluding carboxylic acids is 2. The van der Waals surface area contributed by atoms with Crippen molar-refractivity contribution in [1.29, 1.82) is 0 Å². The van der Waals surface area contributed by atoms with Gasteiger partial charge in [-0.15, -0.1) is 11.8 Å². The topological polar surface area (TPSA) is 60.7 Å². The van der Waals surface area contributed by atoms with Crippen LogP contribution in [0, 0.1) is 0 Å². The summed E-state index contributed by atoms with van der Waals surface area (Å²) in [6.07, 6.45) is 0. The number of ether oxygens (including phenoxy) is 1. The van der Waals surface area contributed by atoms with E-state index in [0.29, 0.717) is 22.5 Å². The van der Waals surface area contributed by atoms with Gasteiger partial charge in [0.1, 0.15) is 0 Å². The van der Waals surface area contributed by atoms with Crippen LogP contribution in [-0.4, -0.2) is 28.8 Å². The normalized spacial score (nSPS) is 11.7. The molecule has 3 aromatic rings. The number of esters is 1. The minimum Gasteiger partial charge on any atom is -0.462 e. The van der Waals surface area contributed by atoms with Crippen molar-refractivity contribution in [3.63, 3.8) is 0 Å². The van der Waals surface area contributed by atoms with Gasteiger partial charge >= 0.3 is 5.97 Å². The number of rotatable bonds is 5. The first kappa shape index (κ1) is 19.4. The van der Waals surface area contributed by atoms with Gasteiger partial charge < -0.3 is 9.30 Å². The number of fused-ring (bicyclic) bond motifs is 1. The number of thiazole rings is 1. The summed E-state index contributed by atoms with van der Waals surface area (Å²) in [5, 5.41) is 0. The van der Waals surface area contributed by atoms with Gasteiger partial charge in [-0.25, -0.2) is 4.79 Å². The molecule has 1 amide bonds. The lowest BCUT2D eigenvalue weighted by molar-refractivity contribution is 0.0526. The highest BCUT2D eigenvalue weighted by Crippen LogP contribution is 2.23.